The Morgan fingerprint density at radius 1 is 1.21 bits per heavy atom. The Balaban J connectivity index is 2.23. The fourth-order valence-electron chi connectivity index (χ4n) is 2.70. The molecular formula is C16H25NO2. The molecule has 1 N–H and O–H groups in total. The van der Waals surface area contributed by atoms with Crippen LogP contribution in [0.1, 0.15) is 38.8 Å². The van der Waals surface area contributed by atoms with E-state index < -0.39 is 0 Å². The topological polar surface area (TPSA) is 30.5 Å². The third-order valence-electron chi connectivity index (χ3n) is 3.84. The highest BCUT2D eigenvalue weighted by Gasteiger charge is 2.39. The monoisotopic (exact) mass is 263 g/mol. The van der Waals surface area contributed by atoms with Crippen LogP contribution in [0.5, 0.6) is 11.5 Å². The molecule has 1 fully saturated rings. The average molecular weight is 263 g/mol. The Morgan fingerprint density at radius 2 is 1.84 bits per heavy atom. The average Bonchev–Trinajstić information content (AvgIpc) is 3.11. The van der Waals surface area contributed by atoms with E-state index in [1.165, 1.54) is 12.0 Å². The fourth-order valence-corrected chi connectivity index (χ4v) is 2.70. The summed E-state index contributed by atoms with van der Waals surface area (Å²) in [5, 5.41) is 3.44. The van der Waals surface area contributed by atoms with Gasteiger partial charge in [-0.1, -0.05) is 13.0 Å². The highest BCUT2D eigenvalue weighted by atomic mass is 16.5. The maximum Gasteiger partial charge on any atom is 0.161 e. The number of hydrogen-bond acceptors (Lipinski definition) is 3. The lowest BCUT2D eigenvalue weighted by Gasteiger charge is -2.19. The van der Waals surface area contributed by atoms with Crippen molar-refractivity contribution < 1.29 is 9.47 Å². The van der Waals surface area contributed by atoms with Crippen molar-refractivity contribution in [2.75, 3.05) is 20.3 Å². The summed E-state index contributed by atoms with van der Waals surface area (Å²) in [6.45, 7) is 7.63. The van der Waals surface area contributed by atoms with Crippen LogP contribution in [0.4, 0.5) is 0 Å². The van der Waals surface area contributed by atoms with E-state index in [0.717, 1.165) is 23.3 Å². The molecule has 0 aliphatic heterocycles. The first-order valence-corrected chi connectivity index (χ1v) is 7.28. The molecule has 3 atom stereocenters. The summed E-state index contributed by atoms with van der Waals surface area (Å²) in [4.78, 5) is 0. The van der Waals surface area contributed by atoms with E-state index >= 15 is 0 Å². The van der Waals surface area contributed by atoms with Crippen molar-refractivity contribution in [2.45, 2.75) is 33.2 Å². The molecule has 0 spiro atoms. The maximum atomic E-state index is 5.70. The van der Waals surface area contributed by atoms with Gasteiger partial charge in [0.05, 0.1) is 13.2 Å². The molecule has 1 aliphatic rings. The molecule has 19 heavy (non-hydrogen) atoms. The van der Waals surface area contributed by atoms with Gasteiger partial charge in [-0.2, -0.15) is 0 Å². The largest absolute Gasteiger partial charge is 0.490 e. The van der Waals surface area contributed by atoms with Crippen molar-refractivity contribution >= 4 is 0 Å². The molecule has 0 amide bonds. The fraction of sp³-hybridized carbons (Fsp3) is 0.625. The van der Waals surface area contributed by atoms with Gasteiger partial charge in [0.2, 0.25) is 0 Å². The van der Waals surface area contributed by atoms with E-state index in [9.17, 15) is 0 Å². The van der Waals surface area contributed by atoms with Gasteiger partial charge in [0, 0.05) is 6.04 Å². The number of ether oxygens (including phenoxy) is 2. The van der Waals surface area contributed by atoms with Crippen LogP contribution in [0, 0.1) is 11.8 Å². The molecule has 2 rings (SSSR count). The minimum absolute atomic E-state index is 0.421. The van der Waals surface area contributed by atoms with Gasteiger partial charge in [-0.15, -0.1) is 0 Å². The van der Waals surface area contributed by atoms with Crippen LogP contribution in [-0.4, -0.2) is 20.3 Å². The minimum Gasteiger partial charge on any atom is -0.490 e. The van der Waals surface area contributed by atoms with Crippen LogP contribution < -0.4 is 14.8 Å². The van der Waals surface area contributed by atoms with Crippen molar-refractivity contribution in [2.24, 2.45) is 11.8 Å². The highest BCUT2D eigenvalue weighted by molar-refractivity contribution is 5.44. The summed E-state index contributed by atoms with van der Waals surface area (Å²) < 4.78 is 11.3. The summed E-state index contributed by atoms with van der Waals surface area (Å²) in [7, 11) is 2.03. The second kappa shape index (κ2) is 6.29. The number of hydrogen-bond donors (Lipinski definition) is 1. The third kappa shape index (κ3) is 3.21. The lowest BCUT2D eigenvalue weighted by molar-refractivity contribution is 0.287. The first-order chi connectivity index (χ1) is 9.21. The zero-order chi connectivity index (χ0) is 13.8. The maximum absolute atomic E-state index is 5.70. The van der Waals surface area contributed by atoms with Crippen molar-refractivity contribution in [3.8, 4) is 11.5 Å². The van der Waals surface area contributed by atoms with Crippen LogP contribution >= 0.6 is 0 Å². The Morgan fingerprint density at radius 3 is 2.37 bits per heavy atom. The molecule has 3 nitrogen and oxygen atoms in total. The molecular weight excluding hydrogens is 238 g/mol. The van der Waals surface area contributed by atoms with E-state index in [2.05, 4.69) is 24.4 Å². The number of rotatable bonds is 7. The molecule has 1 saturated carbocycles. The molecule has 0 bridgehead atoms. The lowest BCUT2D eigenvalue weighted by Crippen LogP contribution is -2.19. The van der Waals surface area contributed by atoms with E-state index in [4.69, 9.17) is 9.47 Å². The molecule has 3 unspecified atom stereocenters. The van der Waals surface area contributed by atoms with E-state index in [1.54, 1.807) is 0 Å². The van der Waals surface area contributed by atoms with Gasteiger partial charge < -0.3 is 14.8 Å². The first-order valence-electron chi connectivity index (χ1n) is 7.28. The normalized spacial score (nSPS) is 22.9. The molecule has 1 aliphatic carbocycles. The second-order valence-electron chi connectivity index (χ2n) is 5.22. The Bertz CT molecular complexity index is 419. The first kappa shape index (κ1) is 14.2. The van der Waals surface area contributed by atoms with Gasteiger partial charge >= 0.3 is 0 Å². The third-order valence-corrected chi connectivity index (χ3v) is 3.84. The van der Waals surface area contributed by atoms with Crippen LogP contribution in [0.3, 0.4) is 0 Å². The molecule has 0 aromatic heterocycles. The highest BCUT2D eigenvalue weighted by Crippen LogP contribution is 2.47. The lowest BCUT2D eigenvalue weighted by atomic mass is 10.0. The van der Waals surface area contributed by atoms with Crippen molar-refractivity contribution in [3.05, 3.63) is 23.8 Å². The van der Waals surface area contributed by atoms with Gasteiger partial charge in [0.1, 0.15) is 0 Å². The summed E-state index contributed by atoms with van der Waals surface area (Å²) >= 11 is 0. The van der Waals surface area contributed by atoms with Crippen molar-refractivity contribution in [1.82, 2.24) is 5.32 Å². The summed E-state index contributed by atoms with van der Waals surface area (Å²) in [5.41, 5.74) is 1.30. The van der Waals surface area contributed by atoms with Crippen molar-refractivity contribution in [3.63, 3.8) is 0 Å². The molecule has 106 valence electrons. The van der Waals surface area contributed by atoms with Gasteiger partial charge in [0.25, 0.3) is 0 Å². The zero-order valence-corrected chi connectivity index (χ0v) is 12.4. The second-order valence-corrected chi connectivity index (χ2v) is 5.22. The minimum atomic E-state index is 0.421. The van der Waals surface area contributed by atoms with Gasteiger partial charge in [-0.05, 0) is 56.8 Å². The van der Waals surface area contributed by atoms with Gasteiger partial charge in [-0.25, -0.2) is 0 Å². The predicted octanol–water partition coefficient (Wildman–Crippen LogP) is 3.40. The van der Waals surface area contributed by atoms with E-state index in [0.29, 0.717) is 19.3 Å². The van der Waals surface area contributed by atoms with Crippen LogP contribution in [0.15, 0.2) is 18.2 Å². The molecule has 3 heteroatoms. The molecule has 0 radical (unpaired) electrons. The summed E-state index contributed by atoms with van der Waals surface area (Å²) in [6.07, 6.45) is 1.31. The Labute approximate surface area is 116 Å². The smallest absolute Gasteiger partial charge is 0.161 e. The predicted molar refractivity (Wildman–Crippen MR) is 77.9 cm³/mol. The summed E-state index contributed by atoms with van der Waals surface area (Å²) in [5.74, 6) is 3.26. The van der Waals surface area contributed by atoms with Gasteiger partial charge in [-0.3, -0.25) is 0 Å². The van der Waals surface area contributed by atoms with Crippen LogP contribution in [0.2, 0.25) is 0 Å². The number of nitrogens with one attached hydrogen (secondary N) is 1. The standard InChI is InChI=1S/C16H25NO2/c1-5-18-14-8-7-12(10-15(14)19-6-2)16(17-4)13-9-11(13)3/h7-8,10-11,13,16-17H,5-6,9H2,1-4H3. The molecule has 0 heterocycles. The molecule has 1 aromatic rings. The summed E-state index contributed by atoms with van der Waals surface area (Å²) in [6, 6.07) is 6.73. The van der Waals surface area contributed by atoms with Crippen LogP contribution in [-0.2, 0) is 0 Å². The molecule has 1 aromatic carbocycles. The Kier molecular flexibility index (Phi) is 4.70. The van der Waals surface area contributed by atoms with E-state index in [-0.39, 0.29) is 0 Å². The van der Waals surface area contributed by atoms with E-state index in [1.807, 2.05) is 27.0 Å². The quantitative estimate of drug-likeness (QED) is 0.818. The zero-order valence-electron chi connectivity index (χ0n) is 12.4. The SMILES string of the molecule is CCOc1ccc(C(NC)C2CC2C)cc1OCC. The molecule has 0 saturated heterocycles. The van der Waals surface area contributed by atoms with Crippen molar-refractivity contribution in [1.29, 1.82) is 0 Å². The number of benzene rings is 1. The van der Waals surface area contributed by atoms with Gasteiger partial charge in [0.15, 0.2) is 11.5 Å². The Hall–Kier alpha value is -1.22. The van der Waals surface area contributed by atoms with Crippen LogP contribution in [0.25, 0.3) is 0 Å².